The average molecular weight is 235 g/mol. The molecule has 4 nitrogen and oxygen atoms in total. The van der Waals surface area contributed by atoms with Gasteiger partial charge in [-0.3, -0.25) is 9.67 Å². The highest BCUT2D eigenvalue weighted by Crippen LogP contribution is 2.14. The Balaban J connectivity index is 1.97. The van der Waals surface area contributed by atoms with Crippen LogP contribution in [-0.4, -0.2) is 14.8 Å². The summed E-state index contributed by atoms with van der Waals surface area (Å²) in [5.74, 6) is 0.312. The summed E-state index contributed by atoms with van der Waals surface area (Å²) in [5, 5.41) is 4.15. The number of hydrogen-bond acceptors (Lipinski definition) is 3. The lowest BCUT2D eigenvalue weighted by molar-refractivity contribution is 0.304. The van der Waals surface area contributed by atoms with Gasteiger partial charge in [0.05, 0.1) is 18.6 Å². The minimum absolute atomic E-state index is 0.286. The zero-order valence-electron chi connectivity index (χ0n) is 9.80. The van der Waals surface area contributed by atoms with E-state index in [2.05, 4.69) is 10.1 Å². The van der Waals surface area contributed by atoms with Crippen molar-refractivity contribution in [2.24, 2.45) is 0 Å². The van der Waals surface area contributed by atoms with E-state index in [1.807, 2.05) is 20.0 Å². The molecule has 0 saturated carbocycles. The lowest BCUT2D eigenvalue weighted by atomic mass is 10.3. The smallest absolute Gasteiger partial charge is 0.157 e. The monoisotopic (exact) mass is 235 g/mol. The first-order valence-electron chi connectivity index (χ1n) is 5.41. The zero-order valence-corrected chi connectivity index (χ0v) is 9.80. The Morgan fingerprint density at radius 1 is 1.35 bits per heavy atom. The molecule has 0 aliphatic rings. The molecule has 0 amide bonds. The summed E-state index contributed by atoms with van der Waals surface area (Å²) in [6.45, 7) is 4.36. The van der Waals surface area contributed by atoms with Gasteiger partial charge in [-0.25, -0.2) is 4.39 Å². The van der Waals surface area contributed by atoms with E-state index in [0.29, 0.717) is 17.4 Å². The topological polar surface area (TPSA) is 39.9 Å². The van der Waals surface area contributed by atoms with Gasteiger partial charge in [-0.2, -0.15) is 5.10 Å². The number of halogens is 1. The highest BCUT2D eigenvalue weighted by molar-refractivity contribution is 5.15. The summed E-state index contributed by atoms with van der Waals surface area (Å²) in [4.78, 5) is 3.75. The van der Waals surface area contributed by atoms with Crippen LogP contribution < -0.4 is 4.74 Å². The average Bonchev–Trinajstić information content (AvgIpc) is 2.75. The van der Waals surface area contributed by atoms with Crippen LogP contribution in [0, 0.1) is 5.82 Å². The number of nitrogens with zero attached hydrogens (tertiary/aromatic N) is 3. The first-order chi connectivity index (χ1) is 8.15. The maximum atomic E-state index is 12.9. The lowest BCUT2D eigenvalue weighted by Gasteiger charge is -2.04. The number of pyridine rings is 1. The predicted molar refractivity (Wildman–Crippen MR) is 61.1 cm³/mol. The van der Waals surface area contributed by atoms with Crippen molar-refractivity contribution < 1.29 is 9.13 Å². The molecule has 0 spiro atoms. The van der Waals surface area contributed by atoms with E-state index in [-0.39, 0.29) is 12.4 Å². The SMILES string of the molecule is CC(C)n1cc(OCc2cncc(F)c2)cn1. The summed E-state index contributed by atoms with van der Waals surface area (Å²) in [6, 6.07) is 1.70. The van der Waals surface area contributed by atoms with E-state index in [1.165, 1.54) is 12.3 Å². The van der Waals surface area contributed by atoms with Crippen molar-refractivity contribution in [2.45, 2.75) is 26.5 Å². The molecule has 0 atom stereocenters. The van der Waals surface area contributed by atoms with Crippen LogP contribution in [0.2, 0.25) is 0 Å². The maximum absolute atomic E-state index is 12.9. The van der Waals surface area contributed by atoms with Crippen LogP contribution in [0.15, 0.2) is 30.9 Å². The molecular formula is C12H14FN3O. The van der Waals surface area contributed by atoms with E-state index in [0.717, 1.165) is 0 Å². The van der Waals surface area contributed by atoms with Crippen molar-refractivity contribution in [3.05, 3.63) is 42.2 Å². The molecule has 0 fully saturated rings. The molecule has 17 heavy (non-hydrogen) atoms. The zero-order chi connectivity index (χ0) is 12.3. The van der Waals surface area contributed by atoms with Gasteiger partial charge < -0.3 is 4.74 Å². The molecular weight excluding hydrogens is 221 g/mol. The van der Waals surface area contributed by atoms with Crippen LogP contribution in [0.1, 0.15) is 25.5 Å². The Morgan fingerprint density at radius 2 is 2.18 bits per heavy atom. The van der Waals surface area contributed by atoms with Crippen LogP contribution in [0.4, 0.5) is 4.39 Å². The third-order valence-corrected chi connectivity index (χ3v) is 2.27. The summed E-state index contributed by atoms with van der Waals surface area (Å²) in [5.41, 5.74) is 0.697. The largest absolute Gasteiger partial charge is 0.486 e. The second-order valence-corrected chi connectivity index (χ2v) is 4.05. The maximum Gasteiger partial charge on any atom is 0.157 e. The van der Waals surface area contributed by atoms with E-state index in [1.54, 1.807) is 17.1 Å². The summed E-state index contributed by atoms with van der Waals surface area (Å²) in [7, 11) is 0. The van der Waals surface area contributed by atoms with Gasteiger partial charge in [0.15, 0.2) is 5.75 Å². The molecule has 0 radical (unpaired) electrons. The number of hydrogen-bond donors (Lipinski definition) is 0. The molecule has 0 N–H and O–H groups in total. The van der Waals surface area contributed by atoms with Crippen molar-refractivity contribution in [1.29, 1.82) is 0 Å². The third kappa shape index (κ3) is 3.03. The highest BCUT2D eigenvalue weighted by atomic mass is 19.1. The fourth-order valence-electron chi connectivity index (χ4n) is 1.38. The third-order valence-electron chi connectivity index (χ3n) is 2.27. The molecule has 2 rings (SSSR count). The molecule has 0 bridgehead atoms. The van der Waals surface area contributed by atoms with Crippen LogP contribution in [-0.2, 0) is 6.61 Å². The van der Waals surface area contributed by atoms with Crippen molar-refractivity contribution >= 4 is 0 Å². The molecule has 2 aromatic heterocycles. The fourth-order valence-corrected chi connectivity index (χ4v) is 1.38. The Hall–Kier alpha value is -1.91. The summed E-state index contributed by atoms with van der Waals surface area (Å²) >= 11 is 0. The molecule has 0 unspecified atom stereocenters. The van der Waals surface area contributed by atoms with Gasteiger partial charge in [-0.15, -0.1) is 0 Å². The second-order valence-electron chi connectivity index (χ2n) is 4.05. The van der Waals surface area contributed by atoms with E-state index < -0.39 is 0 Å². The minimum atomic E-state index is -0.357. The van der Waals surface area contributed by atoms with Crippen LogP contribution in [0.25, 0.3) is 0 Å². The van der Waals surface area contributed by atoms with Gasteiger partial charge >= 0.3 is 0 Å². The van der Waals surface area contributed by atoms with Crippen molar-refractivity contribution in [2.75, 3.05) is 0 Å². The predicted octanol–water partition coefficient (Wildman–Crippen LogP) is 2.58. The summed E-state index contributed by atoms with van der Waals surface area (Å²) in [6.07, 6.45) is 6.21. The molecule has 2 heterocycles. The lowest BCUT2D eigenvalue weighted by Crippen LogP contribution is -2.00. The molecule has 0 saturated heterocycles. The van der Waals surface area contributed by atoms with Crippen molar-refractivity contribution in [3.63, 3.8) is 0 Å². The number of rotatable bonds is 4. The molecule has 0 aromatic carbocycles. The van der Waals surface area contributed by atoms with Gasteiger partial charge in [0.25, 0.3) is 0 Å². The molecule has 0 aliphatic heterocycles. The van der Waals surface area contributed by atoms with Gasteiger partial charge in [-0.1, -0.05) is 0 Å². The van der Waals surface area contributed by atoms with Crippen molar-refractivity contribution in [3.8, 4) is 5.75 Å². The van der Waals surface area contributed by atoms with Gasteiger partial charge in [-0.05, 0) is 19.9 Å². The Labute approximate surface area is 99.1 Å². The molecule has 5 heteroatoms. The fraction of sp³-hybridized carbons (Fsp3) is 0.333. The standard InChI is InChI=1S/C12H14FN3O/c1-9(2)16-7-12(6-15-16)17-8-10-3-11(13)5-14-4-10/h3-7,9H,8H2,1-2H3. The van der Waals surface area contributed by atoms with Crippen LogP contribution in [0.5, 0.6) is 5.75 Å². The Bertz CT molecular complexity index is 496. The van der Waals surface area contributed by atoms with Crippen molar-refractivity contribution in [1.82, 2.24) is 14.8 Å². The number of aromatic nitrogens is 3. The van der Waals surface area contributed by atoms with Gasteiger partial charge in [0, 0.05) is 17.8 Å². The second kappa shape index (κ2) is 4.95. The molecule has 0 aliphatic carbocycles. The normalized spacial score (nSPS) is 10.8. The van der Waals surface area contributed by atoms with Crippen LogP contribution >= 0.6 is 0 Å². The van der Waals surface area contributed by atoms with Gasteiger partial charge in [0.2, 0.25) is 0 Å². The van der Waals surface area contributed by atoms with Gasteiger partial charge in [0.1, 0.15) is 12.4 Å². The van der Waals surface area contributed by atoms with E-state index in [9.17, 15) is 4.39 Å². The highest BCUT2D eigenvalue weighted by Gasteiger charge is 2.03. The van der Waals surface area contributed by atoms with E-state index >= 15 is 0 Å². The quantitative estimate of drug-likeness (QED) is 0.817. The Kier molecular flexibility index (Phi) is 3.37. The summed E-state index contributed by atoms with van der Waals surface area (Å²) < 4.78 is 20.2. The Morgan fingerprint density at radius 3 is 2.82 bits per heavy atom. The molecule has 2 aromatic rings. The molecule has 90 valence electrons. The minimum Gasteiger partial charge on any atom is -0.486 e. The van der Waals surface area contributed by atoms with Crippen LogP contribution in [0.3, 0.4) is 0 Å². The first kappa shape index (κ1) is 11.6. The first-order valence-corrected chi connectivity index (χ1v) is 5.41. The van der Waals surface area contributed by atoms with E-state index in [4.69, 9.17) is 4.74 Å². The number of ether oxygens (including phenoxy) is 1.